The van der Waals surface area contributed by atoms with E-state index in [-0.39, 0.29) is 13.0 Å². The molecular formula is C24H39N5O10. The SMILES string of the molecule is CC(C)C(NC(=O)C(CCC(=O)O)NC(=O)C(N)CC(=O)O)C(=O)NC(C(=O)N1CCCC1C(=O)O)C(C)C. The van der Waals surface area contributed by atoms with Crippen LogP contribution in [0.2, 0.25) is 0 Å². The molecule has 0 aromatic heterocycles. The maximum absolute atomic E-state index is 13.2. The van der Waals surface area contributed by atoms with Crippen LogP contribution in [0.4, 0.5) is 0 Å². The monoisotopic (exact) mass is 557 g/mol. The number of carbonyl (C=O) groups is 7. The van der Waals surface area contributed by atoms with Gasteiger partial charge in [-0.15, -0.1) is 0 Å². The van der Waals surface area contributed by atoms with E-state index in [1.54, 1.807) is 27.7 Å². The first-order valence-corrected chi connectivity index (χ1v) is 12.7. The van der Waals surface area contributed by atoms with E-state index >= 15 is 0 Å². The van der Waals surface area contributed by atoms with Crippen molar-refractivity contribution in [3.63, 3.8) is 0 Å². The van der Waals surface area contributed by atoms with Crippen LogP contribution in [0.3, 0.4) is 0 Å². The third kappa shape index (κ3) is 10.1. The number of likely N-dealkylation sites (tertiary alicyclic amines) is 1. The molecule has 1 saturated heterocycles. The fraction of sp³-hybridized carbons (Fsp3) is 0.708. The Kier molecular flexibility index (Phi) is 12.8. The van der Waals surface area contributed by atoms with Gasteiger partial charge >= 0.3 is 17.9 Å². The van der Waals surface area contributed by atoms with Crippen LogP contribution in [0, 0.1) is 11.8 Å². The lowest BCUT2D eigenvalue weighted by Crippen LogP contribution is -2.60. The molecule has 0 spiro atoms. The van der Waals surface area contributed by atoms with Gasteiger partial charge < -0.3 is 41.9 Å². The quantitative estimate of drug-likeness (QED) is 0.122. The lowest BCUT2D eigenvalue weighted by molar-refractivity contribution is -0.150. The van der Waals surface area contributed by atoms with Crippen molar-refractivity contribution in [2.45, 2.75) is 90.0 Å². The summed E-state index contributed by atoms with van der Waals surface area (Å²) in [6.07, 6.45) is -0.802. The Hall–Kier alpha value is -3.75. The molecule has 1 heterocycles. The molecule has 1 rings (SSSR count). The zero-order valence-electron chi connectivity index (χ0n) is 22.5. The fourth-order valence-electron chi connectivity index (χ4n) is 4.11. The number of carbonyl (C=O) groups excluding carboxylic acids is 4. The van der Waals surface area contributed by atoms with E-state index in [1.807, 2.05) is 0 Å². The van der Waals surface area contributed by atoms with Gasteiger partial charge in [-0.3, -0.25) is 28.8 Å². The minimum absolute atomic E-state index is 0.230. The molecule has 0 radical (unpaired) electrons. The average molecular weight is 558 g/mol. The summed E-state index contributed by atoms with van der Waals surface area (Å²) in [5.74, 6) is -7.86. The molecule has 1 fully saturated rings. The molecule has 0 aliphatic carbocycles. The van der Waals surface area contributed by atoms with Crippen LogP contribution in [0.5, 0.6) is 0 Å². The Labute approximate surface area is 225 Å². The summed E-state index contributed by atoms with van der Waals surface area (Å²) in [5.41, 5.74) is 5.53. The number of carboxylic acid groups (broad SMARTS) is 3. The van der Waals surface area contributed by atoms with Gasteiger partial charge in [0.25, 0.3) is 0 Å². The number of hydrogen-bond donors (Lipinski definition) is 7. The summed E-state index contributed by atoms with van der Waals surface area (Å²) in [5, 5.41) is 34.6. The number of nitrogens with one attached hydrogen (secondary N) is 3. The topological polar surface area (TPSA) is 246 Å². The Morgan fingerprint density at radius 1 is 0.821 bits per heavy atom. The minimum atomic E-state index is -1.50. The molecule has 15 heteroatoms. The molecule has 1 aliphatic rings. The van der Waals surface area contributed by atoms with E-state index in [0.717, 1.165) is 0 Å². The third-order valence-corrected chi connectivity index (χ3v) is 6.31. The van der Waals surface area contributed by atoms with Crippen molar-refractivity contribution in [2.24, 2.45) is 17.6 Å². The van der Waals surface area contributed by atoms with Crippen molar-refractivity contribution < 1.29 is 48.9 Å². The third-order valence-electron chi connectivity index (χ3n) is 6.31. The predicted molar refractivity (Wildman–Crippen MR) is 135 cm³/mol. The summed E-state index contributed by atoms with van der Waals surface area (Å²) in [4.78, 5) is 86.4. The zero-order valence-corrected chi connectivity index (χ0v) is 22.5. The highest BCUT2D eigenvalue weighted by atomic mass is 16.4. The highest BCUT2D eigenvalue weighted by molar-refractivity contribution is 5.96. The van der Waals surface area contributed by atoms with Crippen molar-refractivity contribution >= 4 is 41.5 Å². The van der Waals surface area contributed by atoms with E-state index in [9.17, 15) is 38.7 Å². The van der Waals surface area contributed by atoms with E-state index in [4.69, 9.17) is 15.9 Å². The van der Waals surface area contributed by atoms with Crippen LogP contribution < -0.4 is 21.7 Å². The summed E-state index contributed by atoms with van der Waals surface area (Å²) >= 11 is 0. The Morgan fingerprint density at radius 2 is 1.38 bits per heavy atom. The molecule has 0 saturated carbocycles. The molecule has 5 atom stereocenters. The molecule has 5 unspecified atom stereocenters. The number of aliphatic carboxylic acids is 3. The predicted octanol–water partition coefficient (Wildman–Crippen LogP) is -1.50. The summed E-state index contributed by atoms with van der Waals surface area (Å²) in [6.45, 7) is 6.82. The standard InChI is InChI=1S/C24H39N5O10/c1-11(2)18(22(36)28-19(12(3)4)23(37)29-9-5-6-15(29)24(38)39)27-21(35)14(7-8-16(30)31)26-20(34)13(25)10-17(32)33/h11-15,18-19H,5-10,25H2,1-4H3,(H,26,34)(H,27,35)(H,28,36)(H,30,31)(H,32,33)(H,38,39). The molecule has 8 N–H and O–H groups in total. The van der Waals surface area contributed by atoms with E-state index in [0.29, 0.717) is 12.8 Å². The molecule has 4 amide bonds. The van der Waals surface area contributed by atoms with Gasteiger partial charge in [0.15, 0.2) is 0 Å². The van der Waals surface area contributed by atoms with E-state index in [1.165, 1.54) is 4.90 Å². The van der Waals surface area contributed by atoms with Gasteiger partial charge in [0.05, 0.1) is 12.5 Å². The minimum Gasteiger partial charge on any atom is -0.481 e. The second kappa shape index (κ2) is 15.0. The van der Waals surface area contributed by atoms with Gasteiger partial charge in [-0.05, 0) is 31.1 Å². The zero-order chi connectivity index (χ0) is 30.0. The van der Waals surface area contributed by atoms with Crippen LogP contribution in [-0.4, -0.2) is 98.5 Å². The lowest BCUT2D eigenvalue weighted by Gasteiger charge is -2.31. The summed E-state index contributed by atoms with van der Waals surface area (Å²) in [6, 6.07) is -6.22. The first kappa shape index (κ1) is 33.3. The van der Waals surface area contributed by atoms with Crippen LogP contribution in [-0.2, 0) is 33.6 Å². The summed E-state index contributed by atoms with van der Waals surface area (Å²) < 4.78 is 0. The van der Waals surface area contributed by atoms with Gasteiger partial charge in [0.2, 0.25) is 23.6 Å². The normalized spacial score (nSPS) is 18.1. The number of amides is 4. The molecule has 1 aliphatic heterocycles. The molecule has 220 valence electrons. The van der Waals surface area contributed by atoms with Crippen molar-refractivity contribution in [3.05, 3.63) is 0 Å². The maximum Gasteiger partial charge on any atom is 0.326 e. The molecule has 0 aromatic rings. The number of nitrogens with two attached hydrogens (primary N) is 1. The molecule has 15 nitrogen and oxygen atoms in total. The number of hydrogen-bond acceptors (Lipinski definition) is 8. The van der Waals surface area contributed by atoms with Crippen LogP contribution in [0.15, 0.2) is 0 Å². The number of nitrogens with zero attached hydrogens (tertiary/aromatic N) is 1. The maximum atomic E-state index is 13.2. The number of rotatable bonds is 15. The Bertz CT molecular complexity index is 954. The fourth-order valence-corrected chi connectivity index (χ4v) is 4.11. The Morgan fingerprint density at radius 3 is 1.87 bits per heavy atom. The van der Waals surface area contributed by atoms with Crippen LogP contribution in [0.25, 0.3) is 0 Å². The van der Waals surface area contributed by atoms with Crippen LogP contribution >= 0.6 is 0 Å². The van der Waals surface area contributed by atoms with Gasteiger partial charge in [-0.2, -0.15) is 0 Å². The second-order valence-electron chi connectivity index (χ2n) is 10.2. The van der Waals surface area contributed by atoms with E-state index in [2.05, 4.69) is 16.0 Å². The first-order valence-electron chi connectivity index (χ1n) is 12.7. The van der Waals surface area contributed by atoms with Gasteiger partial charge in [0.1, 0.15) is 24.2 Å². The van der Waals surface area contributed by atoms with Gasteiger partial charge in [-0.1, -0.05) is 27.7 Å². The van der Waals surface area contributed by atoms with Crippen molar-refractivity contribution in [3.8, 4) is 0 Å². The van der Waals surface area contributed by atoms with Crippen molar-refractivity contribution in [2.75, 3.05) is 6.54 Å². The van der Waals surface area contributed by atoms with Gasteiger partial charge in [0, 0.05) is 13.0 Å². The average Bonchev–Trinajstić information content (AvgIpc) is 3.32. The second-order valence-corrected chi connectivity index (χ2v) is 10.2. The van der Waals surface area contributed by atoms with Crippen molar-refractivity contribution in [1.82, 2.24) is 20.9 Å². The van der Waals surface area contributed by atoms with Gasteiger partial charge in [-0.25, -0.2) is 4.79 Å². The molecular weight excluding hydrogens is 518 g/mol. The van der Waals surface area contributed by atoms with Crippen LogP contribution in [0.1, 0.15) is 59.8 Å². The molecule has 0 aromatic carbocycles. The largest absolute Gasteiger partial charge is 0.481 e. The highest BCUT2D eigenvalue weighted by Crippen LogP contribution is 2.20. The van der Waals surface area contributed by atoms with Crippen molar-refractivity contribution in [1.29, 1.82) is 0 Å². The number of carboxylic acids is 3. The first-order chi connectivity index (χ1) is 18.1. The van der Waals surface area contributed by atoms with E-state index < -0.39 is 96.4 Å². The lowest BCUT2D eigenvalue weighted by atomic mass is 9.98. The summed E-state index contributed by atoms with van der Waals surface area (Å²) in [7, 11) is 0. The molecule has 39 heavy (non-hydrogen) atoms. The Balaban J connectivity index is 3.07. The highest BCUT2D eigenvalue weighted by Gasteiger charge is 2.40. The smallest absolute Gasteiger partial charge is 0.326 e. The molecule has 0 bridgehead atoms.